The first kappa shape index (κ1) is 21.4. The van der Waals surface area contributed by atoms with Crippen molar-refractivity contribution in [3.63, 3.8) is 0 Å². The van der Waals surface area contributed by atoms with Crippen LogP contribution in [0.3, 0.4) is 0 Å². The number of hydrogen-bond acceptors (Lipinski definition) is 4. The van der Waals surface area contributed by atoms with E-state index >= 15 is 0 Å². The molecule has 2 aromatic rings. The van der Waals surface area contributed by atoms with Crippen LogP contribution in [0.15, 0.2) is 64.8 Å². The number of amides is 3. The summed E-state index contributed by atoms with van der Waals surface area (Å²) in [5.41, 5.74) is 0.187. The molecule has 0 aliphatic carbocycles. The van der Waals surface area contributed by atoms with Crippen LogP contribution in [0.2, 0.25) is 0 Å². The Hall–Kier alpha value is -2.93. The lowest BCUT2D eigenvalue weighted by atomic mass is 10.1. The Morgan fingerprint density at radius 1 is 0.929 bits per heavy atom. The van der Waals surface area contributed by atoms with E-state index < -0.39 is 23.5 Å². The molecule has 2 rings (SSSR count). The van der Waals surface area contributed by atoms with Crippen LogP contribution in [0.1, 0.15) is 36.7 Å². The van der Waals surface area contributed by atoms with Gasteiger partial charge in [-0.15, -0.1) is 0 Å². The smallest absolute Gasteiger partial charge is 0.414 e. The van der Waals surface area contributed by atoms with Crippen LogP contribution in [0.25, 0.3) is 6.08 Å². The van der Waals surface area contributed by atoms with E-state index in [1.54, 1.807) is 69.3 Å². The van der Waals surface area contributed by atoms with Crippen molar-refractivity contribution in [1.29, 1.82) is 0 Å². The second-order valence-electron chi connectivity index (χ2n) is 6.86. The summed E-state index contributed by atoms with van der Waals surface area (Å²) in [6.45, 7) is 5.06. The highest BCUT2D eigenvalue weighted by molar-refractivity contribution is 9.10. The first-order valence-electron chi connectivity index (χ1n) is 8.52. The second-order valence-corrected chi connectivity index (χ2v) is 7.71. The van der Waals surface area contributed by atoms with Gasteiger partial charge >= 0.3 is 6.09 Å². The SMILES string of the molecule is CC(C)(C)OC(=O)NC(=O)/C(=C/c1ccccc1Br)NC(=O)c1ccccc1. The van der Waals surface area contributed by atoms with Gasteiger partial charge in [-0.3, -0.25) is 14.9 Å². The number of halogens is 1. The van der Waals surface area contributed by atoms with E-state index in [1.807, 2.05) is 6.07 Å². The molecule has 0 atom stereocenters. The van der Waals surface area contributed by atoms with Crippen molar-refractivity contribution in [2.24, 2.45) is 0 Å². The fourth-order valence-corrected chi connectivity index (χ4v) is 2.55. The maximum absolute atomic E-state index is 12.6. The summed E-state index contributed by atoms with van der Waals surface area (Å²) in [6.07, 6.45) is 0.578. The largest absolute Gasteiger partial charge is 0.444 e. The quantitative estimate of drug-likeness (QED) is 0.689. The molecule has 0 saturated carbocycles. The van der Waals surface area contributed by atoms with Gasteiger partial charge in [0.15, 0.2) is 0 Å². The van der Waals surface area contributed by atoms with Crippen LogP contribution >= 0.6 is 15.9 Å². The van der Waals surface area contributed by atoms with Crippen molar-refractivity contribution in [2.45, 2.75) is 26.4 Å². The normalized spacial score (nSPS) is 11.5. The summed E-state index contributed by atoms with van der Waals surface area (Å²) in [4.78, 5) is 37.0. The summed E-state index contributed by atoms with van der Waals surface area (Å²) >= 11 is 3.40. The van der Waals surface area contributed by atoms with Crippen molar-refractivity contribution >= 4 is 39.9 Å². The van der Waals surface area contributed by atoms with Gasteiger partial charge in [0, 0.05) is 10.0 Å². The highest BCUT2D eigenvalue weighted by atomic mass is 79.9. The Balaban J connectivity index is 2.28. The Morgan fingerprint density at radius 2 is 1.54 bits per heavy atom. The fourth-order valence-electron chi connectivity index (χ4n) is 2.15. The first-order valence-corrected chi connectivity index (χ1v) is 9.32. The number of benzene rings is 2. The maximum Gasteiger partial charge on any atom is 0.414 e. The average Bonchev–Trinajstić information content (AvgIpc) is 2.61. The van der Waals surface area contributed by atoms with Crippen LogP contribution < -0.4 is 10.6 Å². The van der Waals surface area contributed by atoms with E-state index in [-0.39, 0.29) is 5.70 Å². The van der Waals surface area contributed by atoms with E-state index in [0.29, 0.717) is 11.1 Å². The monoisotopic (exact) mass is 444 g/mol. The molecule has 0 aliphatic rings. The molecular weight excluding hydrogens is 424 g/mol. The van der Waals surface area contributed by atoms with Gasteiger partial charge in [-0.25, -0.2) is 4.79 Å². The summed E-state index contributed by atoms with van der Waals surface area (Å²) in [5, 5.41) is 4.69. The molecule has 28 heavy (non-hydrogen) atoms. The zero-order chi connectivity index (χ0) is 20.7. The molecule has 0 unspecified atom stereocenters. The zero-order valence-electron chi connectivity index (χ0n) is 15.8. The van der Waals surface area contributed by atoms with Crippen molar-refractivity contribution in [3.05, 3.63) is 75.9 Å². The number of carbonyl (C=O) groups is 3. The molecule has 0 spiro atoms. The molecular formula is C21H21BrN2O4. The molecule has 2 N–H and O–H groups in total. The van der Waals surface area contributed by atoms with E-state index in [9.17, 15) is 14.4 Å². The van der Waals surface area contributed by atoms with Gasteiger partial charge in [0.1, 0.15) is 11.3 Å². The maximum atomic E-state index is 12.6. The van der Waals surface area contributed by atoms with Gasteiger partial charge in [0.25, 0.3) is 11.8 Å². The number of carbonyl (C=O) groups excluding carboxylic acids is 3. The van der Waals surface area contributed by atoms with Crippen LogP contribution in [0.5, 0.6) is 0 Å². The van der Waals surface area contributed by atoms with Crippen molar-refractivity contribution in [2.75, 3.05) is 0 Å². The summed E-state index contributed by atoms with van der Waals surface area (Å²) in [7, 11) is 0. The molecule has 0 aromatic heterocycles. The third kappa shape index (κ3) is 6.66. The van der Waals surface area contributed by atoms with Crippen molar-refractivity contribution < 1.29 is 19.1 Å². The van der Waals surface area contributed by atoms with Gasteiger partial charge in [0.05, 0.1) is 0 Å². The van der Waals surface area contributed by atoms with Crippen molar-refractivity contribution in [1.82, 2.24) is 10.6 Å². The minimum atomic E-state index is -0.899. The molecule has 6 nitrogen and oxygen atoms in total. The van der Waals surface area contributed by atoms with Crippen LogP contribution in [-0.2, 0) is 9.53 Å². The van der Waals surface area contributed by atoms with Gasteiger partial charge in [-0.2, -0.15) is 0 Å². The van der Waals surface area contributed by atoms with E-state index in [0.717, 1.165) is 4.47 Å². The Morgan fingerprint density at radius 3 is 2.14 bits per heavy atom. The first-order chi connectivity index (χ1) is 13.2. The predicted octanol–water partition coefficient (Wildman–Crippen LogP) is 4.27. The van der Waals surface area contributed by atoms with Gasteiger partial charge < -0.3 is 10.1 Å². The third-order valence-corrected chi connectivity index (χ3v) is 4.07. The number of hydrogen-bond donors (Lipinski definition) is 2. The van der Waals surface area contributed by atoms with Gasteiger partial charge in [-0.05, 0) is 50.6 Å². The highest BCUT2D eigenvalue weighted by Gasteiger charge is 2.21. The van der Waals surface area contributed by atoms with Crippen molar-refractivity contribution in [3.8, 4) is 0 Å². The molecule has 3 amide bonds. The second kappa shape index (κ2) is 9.32. The fraction of sp³-hybridized carbons (Fsp3) is 0.190. The predicted molar refractivity (Wildman–Crippen MR) is 110 cm³/mol. The lowest BCUT2D eigenvalue weighted by molar-refractivity contribution is -0.117. The molecule has 2 aromatic carbocycles. The number of imide groups is 1. The number of nitrogens with one attached hydrogen (secondary N) is 2. The lowest BCUT2D eigenvalue weighted by Crippen LogP contribution is -2.40. The molecule has 146 valence electrons. The summed E-state index contributed by atoms with van der Waals surface area (Å²) in [5.74, 6) is -1.26. The van der Waals surface area contributed by atoms with E-state index in [4.69, 9.17) is 4.74 Å². The minimum absolute atomic E-state index is 0.0911. The highest BCUT2D eigenvalue weighted by Crippen LogP contribution is 2.19. The van der Waals surface area contributed by atoms with Crippen LogP contribution in [0, 0.1) is 0 Å². The molecule has 0 saturated heterocycles. The Kier molecular flexibility index (Phi) is 7.12. The van der Waals surface area contributed by atoms with E-state index in [1.165, 1.54) is 6.08 Å². The molecule has 0 heterocycles. The molecule has 7 heteroatoms. The molecule has 0 fully saturated rings. The van der Waals surface area contributed by atoms with Gasteiger partial charge in [-0.1, -0.05) is 52.3 Å². The lowest BCUT2D eigenvalue weighted by Gasteiger charge is -2.19. The summed E-state index contributed by atoms with van der Waals surface area (Å²) in [6, 6.07) is 15.6. The minimum Gasteiger partial charge on any atom is -0.444 e. The van der Waals surface area contributed by atoms with Gasteiger partial charge in [0.2, 0.25) is 0 Å². The number of alkyl carbamates (subject to hydrolysis) is 1. The number of rotatable bonds is 4. The number of ether oxygens (including phenoxy) is 1. The summed E-state index contributed by atoms with van der Waals surface area (Å²) < 4.78 is 5.83. The van der Waals surface area contributed by atoms with Crippen LogP contribution in [-0.4, -0.2) is 23.5 Å². The molecule has 0 bridgehead atoms. The zero-order valence-corrected chi connectivity index (χ0v) is 17.4. The topological polar surface area (TPSA) is 84.5 Å². The van der Waals surface area contributed by atoms with Crippen LogP contribution in [0.4, 0.5) is 4.79 Å². The Labute approximate surface area is 172 Å². The molecule has 0 aliphatic heterocycles. The third-order valence-electron chi connectivity index (χ3n) is 3.35. The standard InChI is InChI=1S/C21H21BrN2O4/c1-21(2,3)28-20(27)24-19(26)17(13-15-11-7-8-12-16(15)22)23-18(25)14-9-5-4-6-10-14/h4-13H,1-3H3,(H,23,25)(H,24,26,27)/b17-13-. The Bertz CT molecular complexity index is 902. The molecule has 0 radical (unpaired) electrons. The van der Waals surface area contributed by atoms with E-state index in [2.05, 4.69) is 26.6 Å². The average molecular weight is 445 g/mol.